The lowest BCUT2D eigenvalue weighted by atomic mass is 10.1. The van der Waals surface area contributed by atoms with Gasteiger partial charge in [-0.05, 0) is 48.7 Å². The van der Waals surface area contributed by atoms with Crippen LogP contribution in [0, 0.1) is 17.6 Å². The van der Waals surface area contributed by atoms with Crippen molar-refractivity contribution in [2.24, 2.45) is 5.92 Å². The minimum absolute atomic E-state index is 0.0615. The van der Waals surface area contributed by atoms with Crippen LogP contribution in [0.25, 0.3) is 0 Å². The number of rotatable bonds is 7. The summed E-state index contributed by atoms with van der Waals surface area (Å²) in [6.07, 6.45) is 3.99. The lowest BCUT2D eigenvalue weighted by Crippen LogP contribution is -2.23. The summed E-state index contributed by atoms with van der Waals surface area (Å²) < 4.78 is 53.6. The standard InChI is InChI=1S/C21H21F2N5O2S/c22-18-6-4-16(11-19(18)23)27-31(29,30)17-5-7-21(26-13-17)28-10-8-15(14-28)12-25-20-3-1-2-9-24-20/h1-7,9,11,13,15,27H,8,10,12,14H2,(H,24,25). The van der Waals surface area contributed by atoms with E-state index >= 15 is 0 Å². The summed E-state index contributed by atoms with van der Waals surface area (Å²) in [5, 5.41) is 3.32. The maximum atomic E-state index is 13.3. The molecule has 1 saturated heterocycles. The molecule has 1 aliphatic rings. The van der Waals surface area contributed by atoms with Gasteiger partial charge in [-0.25, -0.2) is 27.2 Å². The SMILES string of the molecule is O=S(=O)(Nc1ccc(F)c(F)c1)c1ccc(N2CCC(CNc3ccccn3)C2)nc1. The summed E-state index contributed by atoms with van der Waals surface area (Å²) in [7, 11) is -3.97. The molecule has 3 aromatic rings. The predicted molar refractivity (Wildman–Crippen MR) is 114 cm³/mol. The molecule has 3 heterocycles. The predicted octanol–water partition coefficient (Wildman–Crippen LogP) is 3.49. The number of anilines is 3. The summed E-state index contributed by atoms with van der Waals surface area (Å²) in [4.78, 5) is 10.6. The molecule has 0 saturated carbocycles. The molecule has 1 atom stereocenters. The first-order valence-electron chi connectivity index (χ1n) is 9.74. The van der Waals surface area contributed by atoms with Crippen LogP contribution in [0.15, 0.2) is 65.8 Å². The molecule has 1 unspecified atom stereocenters. The van der Waals surface area contributed by atoms with Crippen molar-refractivity contribution in [3.63, 3.8) is 0 Å². The fourth-order valence-electron chi connectivity index (χ4n) is 3.42. The summed E-state index contributed by atoms with van der Waals surface area (Å²) >= 11 is 0. The minimum atomic E-state index is -3.97. The average Bonchev–Trinajstić information content (AvgIpc) is 3.25. The Hall–Kier alpha value is -3.27. The third-order valence-electron chi connectivity index (χ3n) is 5.05. The van der Waals surface area contributed by atoms with Gasteiger partial charge < -0.3 is 10.2 Å². The lowest BCUT2D eigenvalue weighted by molar-refractivity contribution is 0.509. The zero-order valence-electron chi connectivity index (χ0n) is 16.5. The van der Waals surface area contributed by atoms with Gasteiger partial charge in [-0.15, -0.1) is 0 Å². The van der Waals surface area contributed by atoms with Gasteiger partial charge in [-0.2, -0.15) is 0 Å². The maximum absolute atomic E-state index is 13.3. The Balaban J connectivity index is 1.37. The van der Waals surface area contributed by atoms with Crippen LogP contribution in [0.3, 0.4) is 0 Å². The Labute approximate surface area is 179 Å². The number of hydrogen-bond donors (Lipinski definition) is 2. The van der Waals surface area contributed by atoms with Crippen LogP contribution < -0.4 is 14.9 Å². The van der Waals surface area contributed by atoms with Gasteiger partial charge in [0.1, 0.15) is 16.5 Å². The molecule has 0 spiro atoms. The Morgan fingerprint density at radius 3 is 2.65 bits per heavy atom. The van der Waals surface area contributed by atoms with Crippen molar-refractivity contribution in [2.45, 2.75) is 11.3 Å². The topological polar surface area (TPSA) is 87.2 Å². The first-order chi connectivity index (χ1) is 14.9. The van der Waals surface area contributed by atoms with Crippen LogP contribution in [0.5, 0.6) is 0 Å². The van der Waals surface area contributed by atoms with Crippen LogP contribution in [0.1, 0.15) is 6.42 Å². The number of nitrogens with zero attached hydrogens (tertiary/aromatic N) is 3. The average molecular weight is 445 g/mol. The molecule has 31 heavy (non-hydrogen) atoms. The normalized spacial score (nSPS) is 16.3. The summed E-state index contributed by atoms with van der Waals surface area (Å²) in [6.45, 7) is 2.41. The van der Waals surface area contributed by atoms with E-state index in [9.17, 15) is 17.2 Å². The molecule has 162 valence electrons. The molecule has 1 aliphatic heterocycles. The van der Waals surface area contributed by atoms with Crippen LogP contribution in [0.2, 0.25) is 0 Å². The largest absolute Gasteiger partial charge is 0.370 e. The number of benzene rings is 1. The van der Waals surface area contributed by atoms with Gasteiger partial charge in [-0.1, -0.05) is 6.07 Å². The molecular formula is C21H21F2N5O2S. The molecule has 0 aliphatic carbocycles. The van der Waals surface area contributed by atoms with Crippen molar-refractivity contribution in [3.8, 4) is 0 Å². The quantitative estimate of drug-likeness (QED) is 0.579. The molecule has 1 fully saturated rings. The van der Waals surface area contributed by atoms with Crippen molar-refractivity contribution < 1.29 is 17.2 Å². The van der Waals surface area contributed by atoms with Crippen LogP contribution in [-0.2, 0) is 10.0 Å². The van der Waals surface area contributed by atoms with Gasteiger partial charge in [0.05, 0.1) is 5.69 Å². The zero-order chi connectivity index (χ0) is 21.8. The third kappa shape index (κ3) is 5.08. The van der Waals surface area contributed by atoms with E-state index in [1.807, 2.05) is 18.2 Å². The van der Waals surface area contributed by atoms with Gasteiger partial charge in [0, 0.05) is 38.1 Å². The van der Waals surface area contributed by atoms with Gasteiger partial charge in [0.25, 0.3) is 10.0 Å². The summed E-state index contributed by atoms with van der Waals surface area (Å²) in [5.74, 6) is -0.237. The van der Waals surface area contributed by atoms with Crippen molar-refractivity contribution in [3.05, 3.63) is 72.6 Å². The number of halogens is 2. The van der Waals surface area contributed by atoms with Crippen molar-refractivity contribution in [1.82, 2.24) is 9.97 Å². The highest BCUT2D eigenvalue weighted by Gasteiger charge is 2.24. The van der Waals surface area contributed by atoms with E-state index in [-0.39, 0.29) is 10.6 Å². The van der Waals surface area contributed by atoms with Gasteiger partial charge >= 0.3 is 0 Å². The Bertz CT molecular complexity index is 1140. The Kier molecular flexibility index (Phi) is 5.99. The highest BCUT2D eigenvalue weighted by molar-refractivity contribution is 7.92. The number of sulfonamides is 1. The van der Waals surface area contributed by atoms with Crippen LogP contribution in [-0.4, -0.2) is 38.0 Å². The molecule has 0 amide bonds. The summed E-state index contributed by atoms with van der Waals surface area (Å²) in [5.41, 5.74) is -0.0641. The summed E-state index contributed by atoms with van der Waals surface area (Å²) in [6, 6.07) is 11.6. The fourth-order valence-corrected chi connectivity index (χ4v) is 4.41. The van der Waals surface area contributed by atoms with Crippen molar-refractivity contribution in [2.75, 3.05) is 34.6 Å². The number of nitrogens with one attached hydrogen (secondary N) is 2. The smallest absolute Gasteiger partial charge is 0.263 e. The van der Waals surface area contributed by atoms with E-state index in [0.717, 1.165) is 50.1 Å². The zero-order valence-corrected chi connectivity index (χ0v) is 17.3. The molecule has 4 rings (SSSR count). The van der Waals surface area contributed by atoms with E-state index in [1.54, 1.807) is 12.3 Å². The monoisotopic (exact) mass is 445 g/mol. The molecular weight excluding hydrogens is 424 g/mol. The van der Waals surface area contributed by atoms with Crippen molar-refractivity contribution in [1.29, 1.82) is 0 Å². The highest BCUT2D eigenvalue weighted by atomic mass is 32.2. The second kappa shape index (κ2) is 8.84. The Morgan fingerprint density at radius 2 is 1.94 bits per heavy atom. The molecule has 2 aromatic heterocycles. The first-order valence-corrected chi connectivity index (χ1v) is 11.2. The van der Waals surface area contributed by atoms with Crippen LogP contribution >= 0.6 is 0 Å². The first kappa shape index (κ1) is 21.0. The van der Waals surface area contributed by atoms with E-state index in [2.05, 4.69) is 24.9 Å². The van der Waals surface area contributed by atoms with Gasteiger partial charge in [0.15, 0.2) is 11.6 Å². The van der Waals surface area contributed by atoms with E-state index in [4.69, 9.17) is 0 Å². The van der Waals surface area contributed by atoms with E-state index in [1.165, 1.54) is 12.3 Å². The highest BCUT2D eigenvalue weighted by Crippen LogP contribution is 2.24. The maximum Gasteiger partial charge on any atom is 0.263 e. The molecule has 2 N–H and O–H groups in total. The van der Waals surface area contributed by atoms with Crippen molar-refractivity contribution >= 4 is 27.3 Å². The second-order valence-electron chi connectivity index (χ2n) is 7.28. The fraction of sp³-hybridized carbons (Fsp3) is 0.238. The van der Waals surface area contributed by atoms with Crippen LogP contribution in [0.4, 0.5) is 26.1 Å². The molecule has 0 radical (unpaired) electrons. The number of pyridine rings is 2. The van der Waals surface area contributed by atoms with Gasteiger partial charge in [0.2, 0.25) is 0 Å². The Morgan fingerprint density at radius 1 is 1.06 bits per heavy atom. The van der Waals surface area contributed by atoms with E-state index in [0.29, 0.717) is 11.7 Å². The number of aromatic nitrogens is 2. The molecule has 1 aromatic carbocycles. The third-order valence-corrected chi connectivity index (χ3v) is 6.42. The second-order valence-corrected chi connectivity index (χ2v) is 8.97. The van der Waals surface area contributed by atoms with Gasteiger partial charge in [-0.3, -0.25) is 4.72 Å². The number of hydrogen-bond acceptors (Lipinski definition) is 6. The minimum Gasteiger partial charge on any atom is -0.370 e. The lowest BCUT2D eigenvalue weighted by Gasteiger charge is -2.18. The van der Waals surface area contributed by atoms with E-state index < -0.39 is 21.7 Å². The molecule has 10 heteroatoms. The molecule has 0 bridgehead atoms. The molecule has 7 nitrogen and oxygen atoms in total.